The quantitative estimate of drug-likeness (QED) is 0.716. The number of amides is 1. The third-order valence-corrected chi connectivity index (χ3v) is 2.74. The van der Waals surface area contributed by atoms with E-state index in [0.29, 0.717) is 6.54 Å². The van der Waals surface area contributed by atoms with Gasteiger partial charge < -0.3 is 10.0 Å². The smallest absolute Gasteiger partial charge is 0.322 e. The minimum atomic E-state index is -0.842. The van der Waals surface area contributed by atoms with Crippen molar-refractivity contribution >= 4 is 11.9 Å². The number of aliphatic carboxylic acids is 1. The summed E-state index contributed by atoms with van der Waals surface area (Å²) in [5.41, 5.74) is 0. The Morgan fingerprint density at radius 3 is 2.80 bits per heavy atom. The molecule has 1 N–H and O–H groups in total. The van der Waals surface area contributed by atoms with E-state index in [9.17, 15) is 9.59 Å². The third kappa shape index (κ3) is 2.92. The molecule has 5 nitrogen and oxygen atoms in total. The number of nitrogens with zero attached hydrogens (tertiary/aromatic N) is 2. The fraction of sp³-hybridized carbons (Fsp3) is 0.800. The largest absolute Gasteiger partial charge is 0.480 e. The van der Waals surface area contributed by atoms with Gasteiger partial charge in [0.25, 0.3) is 0 Å². The molecule has 1 saturated heterocycles. The highest BCUT2D eigenvalue weighted by atomic mass is 16.4. The number of unbranched alkanes of at least 4 members (excludes halogenated alkanes) is 1. The molecule has 0 aromatic heterocycles. The first-order chi connectivity index (χ1) is 7.06. The Bertz CT molecular complexity index is 255. The minimum Gasteiger partial charge on any atom is -0.480 e. The van der Waals surface area contributed by atoms with Gasteiger partial charge in [-0.25, -0.2) is 0 Å². The average Bonchev–Trinajstić information content (AvgIpc) is 2.19. The summed E-state index contributed by atoms with van der Waals surface area (Å²) in [5, 5.41) is 9.03. The van der Waals surface area contributed by atoms with Gasteiger partial charge in [0.15, 0.2) is 0 Å². The van der Waals surface area contributed by atoms with Crippen molar-refractivity contribution in [2.24, 2.45) is 0 Å². The van der Waals surface area contributed by atoms with Crippen molar-refractivity contribution in [1.82, 2.24) is 9.80 Å². The topological polar surface area (TPSA) is 60.9 Å². The Balaban J connectivity index is 2.63. The Morgan fingerprint density at radius 2 is 2.27 bits per heavy atom. The summed E-state index contributed by atoms with van der Waals surface area (Å²) in [4.78, 5) is 25.7. The predicted molar refractivity (Wildman–Crippen MR) is 55.5 cm³/mol. The molecule has 0 aromatic rings. The van der Waals surface area contributed by atoms with Crippen molar-refractivity contribution in [2.45, 2.75) is 25.8 Å². The molecule has 0 aliphatic carbocycles. The van der Waals surface area contributed by atoms with E-state index in [1.54, 1.807) is 11.9 Å². The van der Waals surface area contributed by atoms with Crippen LogP contribution in [0.4, 0.5) is 0 Å². The van der Waals surface area contributed by atoms with Crippen LogP contribution in [0.5, 0.6) is 0 Å². The molecule has 1 aliphatic heterocycles. The van der Waals surface area contributed by atoms with Gasteiger partial charge in [0.1, 0.15) is 6.04 Å². The van der Waals surface area contributed by atoms with Crippen LogP contribution < -0.4 is 0 Å². The summed E-state index contributed by atoms with van der Waals surface area (Å²) in [6.45, 7) is 3.26. The highest BCUT2D eigenvalue weighted by molar-refractivity contribution is 5.83. The second-order valence-corrected chi connectivity index (χ2v) is 3.95. The maximum absolute atomic E-state index is 11.4. The summed E-state index contributed by atoms with van der Waals surface area (Å²) in [6, 6.07) is -0.542. The fourth-order valence-electron chi connectivity index (χ4n) is 1.71. The lowest BCUT2D eigenvalue weighted by molar-refractivity contribution is -0.150. The second-order valence-electron chi connectivity index (χ2n) is 3.95. The van der Waals surface area contributed by atoms with Crippen LogP contribution in [0.15, 0.2) is 0 Å². The first-order valence-electron chi connectivity index (χ1n) is 5.27. The van der Waals surface area contributed by atoms with Crippen LogP contribution >= 0.6 is 0 Å². The van der Waals surface area contributed by atoms with Crippen molar-refractivity contribution in [3.05, 3.63) is 0 Å². The molecule has 1 atom stereocenters. The average molecular weight is 214 g/mol. The van der Waals surface area contributed by atoms with Gasteiger partial charge >= 0.3 is 5.97 Å². The van der Waals surface area contributed by atoms with Gasteiger partial charge in [-0.1, -0.05) is 13.3 Å². The van der Waals surface area contributed by atoms with Crippen LogP contribution in [0.1, 0.15) is 19.8 Å². The highest BCUT2D eigenvalue weighted by Gasteiger charge is 2.34. The molecule has 0 bridgehead atoms. The number of hydrogen-bond acceptors (Lipinski definition) is 3. The maximum atomic E-state index is 11.4. The normalized spacial score (nSPS) is 23.2. The van der Waals surface area contributed by atoms with E-state index in [-0.39, 0.29) is 19.0 Å². The van der Waals surface area contributed by atoms with Crippen molar-refractivity contribution in [1.29, 1.82) is 0 Å². The zero-order valence-electron chi connectivity index (χ0n) is 9.27. The molecule has 86 valence electrons. The Kier molecular flexibility index (Phi) is 4.08. The molecule has 1 unspecified atom stereocenters. The van der Waals surface area contributed by atoms with Crippen molar-refractivity contribution in [3.8, 4) is 0 Å². The molecule has 1 heterocycles. The second kappa shape index (κ2) is 5.11. The van der Waals surface area contributed by atoms with Gasteiger partial charge in [-0.15, -0.1) is 0 Å². The zero-order chi connectivity index (χ0) is 11.4. The number of piperazine rings is 1. The lowest BCUT2D eigenvalue weighted by atomic mass is 10.1. The van der Waals surface area contributed by atoms with Crippen LogP contribution in [0.2, 0.25) is 0 Å². The summed E-state index contributed by atoms with van der Waals surface area (Å²) in [7, 11) is 1.65. The van der Waals surface area contributed by atoms with E-state index in [2.05, 4.69) is 0 Å². The summed E-state index contributed by atoms with van der Waals surface area (Å²) in [5.74, 6) is -0.839. The standard InChI is InChI=1S/C10H18N2O3/c1-3-4-5-12-7-9(13)11(2)6-8(12)10(14)15/h8H,3-7H2,1-2H3,(H,14,15). The molecule has 0 aromatic carbocycles. The summed E-state index contributed by atoms with van der Waals surface area (Å²) >= 11 is 0. The van der Waals surface area contributed by atoms with Crippen LogP contribution in [-0.2, 0) is 9.59 Å². The van der Waals surface area contributed by atoms with Crippen LogP contribution in [0.25, 0.3) is 0 Å². The van der Waals surface area contributed by atoms with Gasteiger partial charge in [0, 0.05) is 13.6 Å². The molecule has 1 amide bonds. The molecule has 0 radical (unpaired) electrons. The zero-order valence-corrected chi connectivity index (χ0v) is 9.27. The number of carbonyl (C=O) groups excluding carboxylic acids is 1. The number of hydrogen-bond donors (Lipinski definition) is 1. The SMILES string of the molecule is CCCCN1CC(=O)N(C)CC1C(=O)O. The fourth-order valence-corrected chi connectivity index (χ4v) is 1.71. The van der Waals surface area contributed by atoms with Crippen LogP contribution in [0, 0.1) is 0 Å². The van der Waals surface area contributed by atoms with Crippen molar-refractivity contribution < 1.29 is 14.7 Å². The molecule has 15 heavy (non-hydrogen) atoms. The van der Waals surface area contributed by atoms with E-state index >= 15 is 0 Å². The predicted octanol–water partition coefficient (Wildman–Crippen LogP) is 0.0137. The van der Waals surface area contributed by atoms with Gasteiger partial charge in [-0.3, -0.25) is 14.5 Å². The van der Waals surface area contributed by atoms with Crippen molar-refractivity contribution in [2.75, 3.05) is 26.7 Å². The summed E-state index contributed by atoms with van der Waals surface area (Å²) in [6.07, 6.45) is 1.94. The van der Waals surface area contributed by atoms with E-state index < -0.39 is 12.0 Å². The Morgan fingerprint density at radius 1 is 1.60 bits per heavy atom. The minimum absolute atomic E-state index is 0.00334. The Labute approximate surface area is 89.7 Å². The molecule has 0 spiro atoms. The van der Waals surface area contributed by atoms with Crippen molar-refractivity contribution in [3.63, 3.8) is 0 Å². The lowest BCUT2D eigenvalue weighted by Gasteiger charge is -2.37. The van der Waals surface area contributed by atoms with E-state index in [0.717, 1.165) is 12.8 Å². The van der Waals surface area contributed by atoms with E-state index in [1.807, 2.05) is 6.92 Å². The monoisotopic (exact) mass is 214 g/mol. The molecule has 0 saturated carbocycles. The maximum Gasteiger partial charge on any atom is 0.322 e. The van der Waals surface area contributed by atoms with E-state index in [4.69, 9.17) is 5.11 Å². The summed E-state index contributed by atoms with van der Waals surface area (Å²) < 4.78 is 0. The number of carboxylic acids is 1. The van der Waals surface area contributed by atoms with Gasteiger partial charge in [0.2, 0.25) is 5.91 Å². The third-order valence-electron chi connectivity index (χ3n) is 2.74. The van der Waals surface area contributed by atoms with Gasteiger partial charge in [-0.05, 0) is 13.0 Å². The number of rotatable bonds is 4. The van der Waals surface area contributed by atoms with Crippen LogP contribution in [0.3, 0.4) is 0 Å². The molecule has 5 heteroatoms. The number of carboxylic acid groups (broad SMARTS) is 1. The molecule has 1 aliphatic rings. The van der Waals surface area contributed by atoms with Gasteiger partial charge in [-0.2, -0.15) is 0 Å². The molecular weight excluding hydrogens is 196 g/mol. The first-order valence-corrected chi connectivity index (χ1v) is 5.27. The molecular formula is C10H18N2O3. The van der Waals surface area contributed by atoms with E-state index in [1.165, 1.54) is 4.90 Å². The lowest BCUT2D eigenvalue weighted by Crippen LogP contribution is -2.57. The number of carbonyl (C=O) groups is 2. The molecule has 1 rings (SSSR count). The highest BCUT2D eigenvalue weighted by Crippen LogP contribution is 2.10. The number of likely N-dealkylation sites (N-methyl/N-ethyl adjacent to an activating group) is 1. The van der Waals surface area contributed by atoms with Gasteiger partial charge in [0.05, 0.1) is 6.54 Å². The Hall–Kier alpha value is -1.10. The first kappa shape index (κ1) is 12.0. The molecule has 1 fully saturated rings. The van der Waals surface area contributed by atoms with Crippen LogP contribution in [-0.4, -0.2) is 59.5 Å².